The molecule has 0 spiro atoms. The first kappa shape index (κ1) is 22.7. The largest absolute Gasteiger partial charge is 0.469 e. The minimum Gasteiger partial charge on any atom is -0.469 e. The summed E-state index contributed by atoms with van der Waals surface area (Å²) < 4.78 is 4.62. The molecule has 142 valence electrons. The molecule has 0 amide bonds. The average Bonchev–Trinajstić information content (AvgIpc) is 2.55. The summed E-state index contributed by atoms with van der Waals surface area (Å²) >= 11 is 0. The summed E-state index contributed by atoms with van der Waals surface area (Å²) in [6.45, 7) is 8.20. The molecule has 0 heterocycles. The van der Waals surface area contributed by atoms with E-state index in [-0.39, 0.29) is 5.97 Å². The van der Waals surface area contributed by atoms with Gasteiger partial charge in [0.1, 0.15) is 0 Å². The van der Waals surface area contributed by atoms with Crippen molar-refractivity contribution in [2.75, 3.05) is 26.7 Å². The van der Waals surface area contributed by atoms with Gasteiger partial charge in [0.15, 0.2) is 5.96 Å². The number of aliphatic hydroxyl groups is 1. The van der Waals surface area contributed by atoms with Crippen LogP contribution in [0.15, 0.2) is 4.99 Å². The molecule has 0 aromatic heterocycles. The number of nitrogens with one attached hydrogen (secondary N) is 2. The highest BCUT2D eigenvalue weighted by Crippen LogP contribution is 2.19. The Morgan fingerprint density at radius 3 is 2.29 bits per heavy atom. The molecule has 0 bridgehead atoms. The molecule has 0 atom stereocenters. The monoisotopic (exact) mass is 343 g/mol. The fourth-order valence-corrected chi connectivity index (χ4v) is 2.66. The van der Waals surface area contributed by atoms with Gasteiger partial charge in [0.25, 0.3) is 0 Å². The zero-order valence-corrected chi connectivity index (χ0v) is 16.0. The molecule has 0 aromatic carbocycles. The molecule has 0 unspecified atom stereocenters. The van der Waals surface area contributed by atoms with E-state index >= 15 is 0 Å². The Labute approximate surface area is 147 Å². The fourth-order valence-electron chi connectivity index (χ4n) is 2.66. The van der Waals surface area contributed by atoms with Gasteiger partial charge in [-0.3, -0.25) is 9.79 Å². The number of carbonyl (C=O) groups excluding carboxylic acids is 1. The van der Waals surface area contributed by atoms with Crippen LogP contribution in [-0.2, 0) is 9.53 Å². The van der Waals surface area contributed by atoms with Crippen molar-refractivity contribution in [2.24, 2.45) is 4.99 Å². The van der Waals surface area contributed by atoms with Gasteiger partial charge in [-0.05, 0) is 32.6 Å². The highest BCUT2D eigenvalue weighted by molar-refractivity contribution is 5.79. The normalized spacial score (nSPS) is 12.1. The summed E-state index contributed by atoms with van der Waals surface area (Å²) in [4.78, 5) is 15.6. The van der Waals surface area contributed by atoms with Crippen LogP contribution < -0.4 is 10.6 Å². The van der Waals surface area contributed by atoms with Crippen LogP contribution in [0.25, 0.3) is 0 Å². The minimum absolute atomic E-state index is 0.149. The number of rotatable bonds is 13. The second-order valence-electron chi connectivity index (χ2n) is 6.23. The lowest BCUT2D eigenvalue weighted by molar-refractivity contribution is -0.140. The molecule has 24 heavy (non-hydrogen) atoms. The predicted molar refractivity (Wildman–Crippen MR) is 99.2 cm³/mol. The fraction of sp³-hybridized carbons (Fsp3) is 0.889. The van der Waals surface area contributed by atoms with Crippen molar-refractivity contribution in [3.8, 4) is 0 Å². The molecular formula is C18H37N3O3. The zero-order chi connectivity index (χ0) is 18.3. The van der Waals surface area contributed by atoms with Crippen LogP contribution in [0.5, 0.6) is 0 Å². The molecule has 0 aliphatic heterocycles. The van der Waals surface area contributed by atoms with Crippen molar-refractivity contribution in [1.82, 2.24) is 10.6 Å². The van der Waals surface area contributed by atoms with Crippen LogP contribution in [0, 0.1) is 0 Å². The topological polar surface area (TPSA) is 83.0 Å². The number of aliphatic imine (C=N–C) groups is 1. The van der Waals surface area contributed by atoms with Crippen molar-refractivity contribution < 1.29 is 14.6 Å². The number of unbranched alkanes of at least 4 members (excludes halogenated alkanes) is 2. The number of methoxy groups -OCH3 is 1. The van der Waals surface area contributed by atoms with E-state index in [4.69, 9.17) is 0 Å². The van der Waals surface area contributed by atoms with Gasteiger partial charge in [0, 0.05) is 19.5 Å². The average molecular weight is 344 g/mol. The summed E-state index contributed by atoms with van der Waals surface area (Å²) in [5, 5.41) is 17.1. The van der Waals surface area contributed by atoms with E-state index in [1.807, 2.05) is 6.92 Å². The Morgan fingerprint density at radius 1 is 1.08 bits per heavy atom. The standard InChI is InChI=1S/C18H37N3O3/c1-5-12-18(23,13-6-2)15-21-17(19-7-3)20-14-10-8-9-11-16(22)24-4/h23H,5-15H2,1-4H3,(H2,19,20,21). The third-order valence-electron chi connectivity index (χ3n) is 3.88. The van der Waals surface area contributed by atoms with E-state index in [2.05, 4.69) is 34.2 Å². The maximum atomic E-state index is 11.0. The lowest BCUT2D eigenvalue weighted by Gasteiger charge is -2.26. The quantitative estimate of drug-likeness (QED) is 0.207. The number of guanidine groups is 1. The Morgan fingerprint density at radius 2 is 1.75 bits per heavy atom. The summed E-state index contributed by atoms with van der Waals surface area (Å²) in [6, 6.07) is 0. The molecular weight excluding hydrogens is 306 g/mol. The predicted octanol–water partition coefficient (Wildman–Crippen LogP) is 2.61. The van der Waals surface area contributed by atoms with Crippen molar-refractivity contribution in [3.63, 3.8) is 0 Å². The van der Waals surface area contributed by atoms with Gasteiger partial charge in [-0.15, -0.1) is 0 Å². The van der Waals surface area contributed by atoms with Gasteiger partial charge in [0.2, 0.25) is 0 Å². The molecule has 0 aliphatic carbocycles. The van der Waals surface area contributed by atoms with E-state index in [0.29, 0.717) is 13.0 Å². The maximum absolute atomic E-state index is 11.0. The van der Waals surface area contributed by atoms with E-state index in [9.17, 15) is 9.90 Å². The molecule has 0 rings (SSSR count). The van der Waals surface area contributed by atoms with Gasteiger partial charge < -0.3 is 20.5 Å². The molecule has 6 heteroatoms. The molecule has 0 aliphatic rings. The van der Waals surface area contributed by atoms with Crippen LogP contribution in [0.3, 0.4) is 0 Å². The van der Waals surface area contributed by atoms with Crippen molar-refractivity contribution in [3.05, 3.63) is 0 Å². The molecule has 0 aromatic rings. The molecule has 0 fully saturated rings. The van der Waals surface area contributed by atoms with Crippen molar-refractivity contribution in [1.29, 1.82) is 0 Å². The number of hydrogen-bond donors (Lipinski definition) is 3. The summed E-state index contributed by atoms with van der Waals surface area (Å²) in [5.41, 5.74) is -0.702. The highest BCUT2D eigenvalue weighted by Gasteiger charge is 2.24. The van der Waals surface area contributed by atoms with Crippen molar-refractivity contribution in [2.45, 2.75) is 77.7 Å². The molecule has 0 saturated heterocycles. The second kappa shape index (κ2) is 14.1. The van der Waals surface area contributed by atoms with Crippen molar-refractivity contribution >= 4 is 11.9 Å². The lowest BCUT2D eigenvalue weighted by Crippen LogP contribution is -2.40. The third kappa shape index (κ3) is 11.3. The molecule has 0 radical (unpaired) electrons. The Hall–Kier alpha value is -1.30. The minimum atomic E-state index is -0.702. The summed E-state index contributed by atoms with van der Waals surface area (Å²) in [6.07, 6.45) is 6.72. The smallest absolute Gasteiger partial charge is 0.305 e. The van der Waals surface area contributed by atoms with Gasteiger partial charge in [0.05, 0.1) is 19.3 Å². The first-order valence-corrected chi connectivity index (χ1v) is 9.32. The number of ether oxygens (including phenoxy) is 1. The highest BCUT2D eigenvalue weighted by atomic mass is 16.5. The van der Waals surface area contributed by atoms with Crippen LogP contribution >= 0.6 is 0 Å². The first-order chi connectivity index (χ1) is 11.5. The first-order valence-electron chi connectivity index (χ1n) is 9.32. The molecule has 6 nitrogen and oxygen atoms in total. The van der Waals surface area contributed by atoms with Crippen LogP contribution in [0.2, 0.25) is 0 Å². The SMILES string of the molecule is CCCC(O)(CCC)CN=C(NCC)NCCCCCC(=O)OC. The van der Waals surface area contributed by atoms with Gasteiger partial charge >= 0.3 is 5.97 Å². The number of carbonyl (C=O) groups is 1. The van der Waals surface area contributed by atoms with E-state index in [1.54, 1.807) is 0 Å². The Balaban J connectivity index is 4.24. The Bertz CT molecular complexity index is 353. The summed E-state index contributed by atoms with van der Waals surface area (Å²) in [5.74, 6) is 0.597. The zero-order valence-electron chi connectivity index (χ0n) is 16.0. The van der Waals surface area contributed by atoms with Gasteiger partial charge in [-0.25, -0.2) is 0 Å². The maximum Gasteiger partial charge on any atom is 0.305 e. The molecule has 0 saturated carbocycles. The lowest BCUT2D eigenvalue weighted by atomic mass is 9.93. The number of nitrogens with zero attached hydrogens (tertiary/aromatic N) is 1. The number of esters is 1. The second-order valence-corrected chi connectivity index (χ2v) is 6.23. The van der Waals surface area contributed by atoms with E-state index in [0.717, 1.165) is 64.0 Å². The summed E-state index contributed by atoms with van der Waals surface area (Å²) in [7, 11) is 1.42. The van der Waals surface area contributed by atoms with Crippen LogP contribution in [0.1, 0.15) is 72.1 Å². The number of hydrogen-bond acceptors (Lipinski definition) is 4. The van der Waals surface area contributed by atoms with E-state index in [1.165, 1.54) is 7.11 Å². The van der Waals surface area contributed by atoms with Gasteiger partial charge in [-0.1, -0.05) is 33.1 Å². The van der Waals surface area contributed by atoms with E-state index < -0.39 is 5.60 Å². The van der Waals surface area contributed by atoms with Crippen LogP contribution in [0.4, 0.5) is 0 Å². The van der Waals surface area contributed by atoms with Crippen LogP contribution in [-0.4, -0.2) is 49.4 Å². The third-order valence-corrected chi connectivity index (χ3v) is 3.88. The Kier molecular flexibility index (Phi) is 13.3. The molecule has 3 N–H and O–H groups in total. The van der Waals surface area contributed by atoms with Gasteiger partial charge in [-0.2, -0.15) is 0 Å².